The van der Waals surface area contributed by atoms with Crippen LogP contribution in [0.2, 0.25) is 0 Å². The summed E-state index contributed by atoms with van der Waals surface area (Å²) in [5.41, 5.74) is 4.97. The Morgan fingerprint density at radius 3 is 2.34 bits per heavy atom. The number of aromatic amines is 1. The van der Waals surface area contributed by atoms with Gasteiger partial charge in [0, 0.05) is 12.3 Å². The molecule has 0 radical (unpaired) electrons. The van der Waals surface area contributed by atoms with E-state index in [-0.39, 0.29) is 0 Å². The Labute approximate surface area is 164 Å². The summed E-state index contributed by atoms with van der Waals surface area (Å²) in [6.07, 6.45) is -3.20. The highest BCUT2D eigenvalue weighted by atomic mass is 16.6. The number of carboxylic acid groups (broad SMARTS) is 1. The van der Waals surface area contributed by atoms with Gasteiger partial charge in [0.15, 0.2) is 6.23 Å². The smallest absolute Gasteiger partial charge is 0.330 e. The lowest BCUT2D eigenvalue weighted by molar-refractivity contribution is -0.138. The molecule has 2 heterocycles. The molecule has 0 aliphatic carbocycles. The number of H-pyrrole nitrogens is 1. The Kier molecular flexibility index (Phi) is 7.82. The molecule has 158 valence electrons. The molecule has 5 atom stereocenters. The van der Waals surface area contributed by atoms with E-state index in [4.69, 9.17) is 20.7 Å². The molecular formula is C18H23N3O8. The van der Waals surface area contributed by atoms with Crippen molar-refractivity contribution in [3.05, 3.63) is 69.0 Å². The summed E-state index contributed by atoms with van der Waals surface area (Å²) >= 11 is 0. The quantitative estimate of drug-likeness (QED) is 0.318. The summed E-state index contributed by atoms with van der Waals surface area (Å²) in [7, 11) is 0. The third-order valence-electron chi connectivity index (χ3n) is 4.26. The molecule has 1 aromatic heterocycles. The molecule has 11 nitrogen and oxygen atoms in total. The number of aliphatic hydroxyl groups is 3. The fourth-order valence-electron chi connectivity index (χ4n) is 2.69. The second kappa shape index (κ2) is 10.1. The first-order valence-electron chi connectivity index (χ1n) is 8.70. The van der Waals surface area contributed by atoms with Gasteiger partial charge in [-0.2, -0.15) is 0 Å². The van der Waals surface area contributed by atoms with Gasteiger partial charge in [-0.25, -0.2) is 4.79 Å². The number of nitrogens with one attached hydrogen (secondary N) is 1. The first-order valence-corrected chi connectivity index (χ1v) is 8.70. The fraction of sp³-hybridized carbons (Fsp3) is 0.389. The van der Waals surface area contributed by atoms with Crippen molar-refractivity contribution in [1.82, 2.24) is 9.55 Å². The average molecular weight is 409 g/mol. The van der Waals surface area contributed by atoms with E-state index in [9.17, 15) is 24.6 Å². The first-order chi connectivity index (χ1) is 13.7. The zero-order valence-electron chi connectivity index (χ0n) is 15.3. The number of hydrogen-bond donors (Lipinski definition) is 6. The van der Waals surface area contributed by atoms with Gasteiger partial charge in [0.2, 0.25) is 0 Å². The Hall–Kier alpha value is -2.83. The van der Waals surface area contributed by atoms with E-state index in [1.54, 1.807) is 0 Å². The van der Waals surface area contributed by atoms with Crippen molar-refractivity contribution in [2.45, 2.75) is 37.0 Å². The monoisotopic (exact) mass is 409 g/mol. The van der Waals surface area contributed by atoms with E-state index in [0.29, 0.717) is 6.42 Å². The number of benzene rings is 1. The molecule has 1 aliphatic rings. The number of aliphatic hydroxyl groups excluding tert-OH is 3. The van der Waals surface area contributed by atoms with E-state index >= 15 is 0 Å². The van der Waals surface area contributed by atoms with Crippen molar-refractivity contribution < 1.29 is 30.0 Å². The highest BCUT2D eigenvalue weighted by molar-refractivity contribution is 5.73. The van der Waals surface area contributed by atoms with Crippen LogP contribution < -0.4 is 17.0 Å². The maximum absolute atomic E-state index is 11.4. The Morgan fingerprint density at radius 2 is 1.83 bits per heavy atom. The van der Waals surface area contributed by atoms with Crippen LogP contribution in [0.3, 0.4) is 0 Å². The van der Waals surface area contributed by atoms with Crippen LogP contribution in [0.4, 0.5) is 0 Å². The summed E-state index contributed by atoms with van der Waals surface area (Å²) in [4.78, 5) is 34.7. The van der Waals surface area contributed by atoms with E-state index in [2.05, 4.69) is 0 Å². The minimum Gasteiger partial charge on any atom is -0.480 e. The summed E-state index contributed by atoms with van der Waals surface area (Å²) in [6.45, 7) is -0.479. The number of aliphatic carboxylic acids is 1. The molecule has 1 aliphatic heterocycles. The summed E-state index contributed by atoms with van der Waals surface area (Å²) in [6, 6.07) is 9.64. The van der Waals surface area contributed by atoms with Gasteiger partial charge in [-0.15, -0.1) is 0 Å². The van der Waals surface area contributed by atoms with Crippen molar-refractivity contribution in [3.8, 4) is 0 Å². The van der Waals surface area contributed by atoms with Crippen molar-refractivity contribution in [2.75, 3.05) is 6.61 Å². The molecule has 0 bridgehead atoms. The van der Waals surface area contributed by atoms with Gasteiger partial charge < -0.3 is 30.9 Å². The van der Waals surface area contributed by atoms with Crippen molar-refractivity contribution >= 4 is 5.97 Å². The maximum Gasteiger partial charge on any atom is 0.330 e. The second-order valence-corrected chi connectivity index (χ2v) is 6.38. The standard InChI is InChI=1S/C9H12N2O6.C9H11NO2/c12-3-4-6(14)7(15)8(17-4)11-2-1-5(13)10-9(11)16;10-8(9(11)12)6-7-4-2-1-3-5-7/h1-2,4,6-8,12,14-15H,3H2,(H,10,13,16);1-5,8H,6,10H2,(H,11,12)/t4-,6-,7-,8-;8-/m10/s1. The molecule has 0 saturated carbocycles. The van der Waals surface area contributed by atoms with Crippen molar-refractivity contribution in [1.29, 1.82) is 0 Å². The molecular weight excluding hydrogens is 386 g/mol. The lowest BCUT2D eigenvalue weighted by Crippen LogP contribution is -2.37. The largest absolute Gasteiger partial charge is 0.480 e. The average Bonchev–Trinajstić information content (AvgIpc) is 2.97. The zero-order chi connectivity index (χ0) is 21.6. The predicted molar refractivity (Wildman–Crippen MR) is 100 cm³/mol. The molecule has 0 unspecified atom stereocenters. The molecule has 0 amide bonds. The molecule has 3 rings (SSSR count). The van der Waals surface area contributed by atoms with Crippen LogP contribution in [0.15, 0.2) is 52.2 Å². The van der Waals surface area contributed by atoms with Crippen molar-refractivity contribution in [2.24, 2.45) is 5.73 Å². The van der Waals surface area contributed by atoms with E-state index in [0.717, 1.165) is 22.4 Å². The molecule has 1 aromatic carbocycles. The van der Waals surface area contributed by atoms with Crippen molar-refractivity contribution in [3.63, 3.8) is 0 Å². The summed E-state index contributed by atoms with van der Waals surface area (Å²) in [5, 5.41) is 36.6. The number of nitrogens with zero attached hydrogens (tertiary/aromatic N) is 1. The molecule has 7 N–H and O–H groups in total. The molecule has 29 heavy (non-hydrogen) atoms. The topological polar surface area (TPSA) is 188 Å². The normalized spacial score (nSPS) is 24.4. The number of rotatable bonds is 5. The second-order valence-electron chi connectivity index (χ2n) is 6.38. The van der Waals surface area contributed by atoms with E-state index in [1.165, 1.54) is 0 Å². The highest BCUT2D eigenvalue weighted by Gasteiger charge is 2.43. The number of carbonyl (C=O) groups is 1. The minimum absolute atomic E-state index is 0.385. The van der Waals surface area contributed by atoms with Crippen LogP contribution in [-0.4, -0.2) is 66.9 Å². The molecule has 2 aromatic rings. The maximum atomic E-state index is 11.4. The number of hydrogen-bond acceptors (Lipinski definition) is 8. The SMILES string of the molecule is N[C@@H](Cc1ccccc1)C(=O)O.O=c1ccn([C@@H]2O[C@H](CO)[C@@H](O)[C@H]2O)c(=O)[nH]1. The zero-order valence-corrected chi connectivity index (χ0v) is 15.3. The third-order valence-corrected chi connectivity index (χ3v) is 4.26. The van der Waals surface area contributed by atoms with Gasteiger partial charge in [-0.05, 0) is 12.0 Å². The van der Waals surface area contributed by atoms with Crippen LogP contribution in [0.1, 0.15) is 11.8 Å². The minimum atomic E-state index is -1.35. The number of aromatic nitrogens is 2. The first kappa shape index (κ1) is 22.5. The van der Waals surface area contributed by atoms with Gasteiger partial charge >= 0.3 is 11.7 Å². The highest BCUT2D eigenvalue weighted by Crippen LogP contribution is 2.27. The summed E-state index contributed by atoms with van der Waals surface area (Å²) in [5.74, 6) is -0.959. The lowest BCUT2D eigenvalue weighted by atomic mass is 10.1. The Morgan fingerprint density at radius 1 is 1.17 bits per heavy atom. The number of nitrogens with two attached hydrogens (primary N) is 1. The van der Waals surface area contributed by atoms with Gasteiger partial charge in [-0.3, -0.25) is 19.1 Å². The summed E-state index contributed by atoms with van der Waals surface area (Å²) < 4.78 is 6.08. The van der Waals surface area contributed by atoms with E-state index < -0.39 is 54.4 Å². The molecule has 0 spiro atoms. The van der Waals surface area contributed by atoms with Gasteiger partial charge in [0.25, 0.3) is 5.56 Å². The fourth-order valence-corrected chi connectivity index (χ4v) is 2.69. The predicted octanol–water partition coefficient (Wildman–Crippen LogP) is -2.21. The molecule has 11 heteroatoms. The molecule has 1 fully saturated rings. The Balaban J connectivity index is 0.000000221. The number of ether oxygens (including phenoxy) is 1. The van der Waals surface area contributed by atoms with Crippen LogP contribution in [0.5, 0.6) is 0 Å². The van der Waals surface area contributed by atoms with E-state index in [1.807, 2.05) is 35.3 Å². The van der Waals surface area contributed by atoms with Gasteiger partial charge in [0.1, 0.15) is 24.4 Å². The van der Waals surface area contributed by atoms with Crippen LogP contribution in [0, 0.1) is 0 Å². The lowest BCUT2D eigenvalue weighted by Gasteiger charge is -2.16. The van der Waals surface area contributed by atoms with Gasteiger partial charge in [0.05, 0.1) is 6.61 Å². The van der Waals surface area contributed by atoms with Crippen LogP contribution >= 0.6 is 0 Å². The third kappa shape index (κ3) is 5.82. The Bertz CT molecular complexity index is 913. The van der Waals surface area contributed by atoms with Crippen LogP contribution in [0.25, 0.3) is 0 Å². The molecule has 1 saturated heterocycles. The van der Waals surface area contributed by atoms with Gasteiger partial charge in [-0.1, -0.05) is 30.3 Å². The van der Waals surface area contributed by atoms with Crippen LogP contribution in [-0.2, 0) is 16.0 Å². The number of carboxylic acids is 1.